The third kappa shape index (κ3) is 3.03. The molecule has 1 aliphatic heterocycles. The number of aliphatic imine (C=N–C) groups is 1. The first-order valence-electron chi connectivity index (χ1n) is 7.79. The van der Waals surface area contributed by atoms with Crippen molar-refractivity contribution in [2.45, 2.75) is 4.90 Å². The standard InChI is InChI=1S/C18H14IN3O3S/c1-26(24,25)12-4-2-3-10(7-12)16-18-17(22-15(23)9-20-16)13-8-11(19)5-6-14(13)21-18/h2-8,21H,9H2,1H3,(H,22,23). The Morgan fingerprint density at radius 2 is 1.96 bits per heavy atom. The highest BCUT2D eigenvalue weighted by atomic mass is 127. The number of nitrogens with one attached hydrogen (secondary N) is 2. The SMILES string of the molecule is CS(=O)(=O)c1cccc(C2=NCC(=O)Nc3c2[nH]c2ccc(I)cc32)c1. The highest BCUT2D eigenvalue weighted by Crippen LogP contribution is 2.32. The Bertz CT molecular complexity index is 1200. The lowest BCUT2D eigenvalue weighted by molar-refractivity contribution is -0.114. The van der Waals surface area contributed by atoms with Gasteiger partial charge in [0.05, 0.1) is 22.0 Å². The number of rotatable bonds is 2. The molecule has 132 valence electrons. The minimum atomic E-state index is -3.34. The molecule has 0 unspecified atom stereocenters. The zero-order chi connectivity index (χ0) is 18.5. The van der Waals surface area contributed by atoms with Gasteiger partial charge in [-0.25, -0.2) is 8.42 Å². The number of aromatic amines is 1. The van der Waals surface area contributed by atoms with Crippen molar-refractivity contribution < 1.29 is 13.2 Å². The highest BCUT2D eigenvalue weighted by Gasteiger charge is 2.23. The van der Waals surface area contributed by atoms with E-state index in [-0.39, 0.29) is 17.3 Å². The maximum atomic E-state index is 12.1. The Kier molecular flexibility index (Phi) is 4.11. The number of hydrogen-bond acceptors (Lipinski definition) is 4. The molecule has 0 bridgehead atoms. The Morgan fingerprint density at radius 1 is 1.15 bits per heavy atom. The van der Waals surface area contributed by atoms with Gasteiger partial charge in [0.1, 0.15) is 6.54 Å². The van der Waals surface area contributed by atoms with Crippen LogP contribution < -0.4 is 5.32 Å². The monoisotopic (exact) mass is 479 g/mol. The molecule has 1 aromatic heterocycles. The highest BCUT2D eigenvalue weighted by molar-refractivity contribution is 14.1. The molecule has 1 amide bonds. The Morgan fingerprint density at radius 3 is 2.73 bits per heavy atom. The van der Waals surface area contributed by atoms with Crippen molar-refractivity contribution in [2.24, 2.45) is 4.99 Å². The Hall–Kier alpha value is -2.20. The molecule has 4 rings (SSSR count). The normalized spacial score (nSPS) is 14.5. The van der Waals surface area contributed by atoms with Crippen LogP contribution in [0.5, 0.6) is 0 Å². The van der Waals surface area contributed by atoms with Crippen LogP contribution >= 0.6 is 22.6 Å². The van der Waals surface area contributed by atoms with Gasteiger partial charge in [-0.15, -0.1) is 0 Å². The van der Waals surface area contributed by atoms with Crippen LogP contribution in [-0.2, 0) is 14.6 Å². The van der Waals surface area contributed by atoms with Gasteiger partial charge in [-0.2, -0.15) is 0 Å². The summed E-state index contributed by atoms with van der Waals surface area (Å²) in [7, 11) is -3.34. The largest absolute Gasteiger partial charge is 0.351 e. The molecule has 0 atom stereocenters. The molecule has 2 heterocycles. The van der Waals surface area contributed by atoms with Gasteiger partial charge in [0.2, 0.25) is 5.91 Å². The summed E-state index contributed by atoms with van der Waals surface area (Å²) in [4.78, 5) is 20.1. The molecule has 8 heteroatoms. The van der Waals surface area contributed by atoms with Crippen LogP contribution in [-0.4, -0.2) is 37.8 Å². The van der Waals surface area contributed by atoms with Crippen molar-refractivity contribution in [2.75, 3.05) is 18.1 Å². The van der Waals surface area contributed by atoms with E-state index in [2.05, 4.69) is 37.9 Å². The first-order chi connectivity index (χ1) is 12.3. The number of anilines is 1. The fourth-order valence-electron chi connectivity index (χ4n) is 2.99. The number of aromatic nitrogens is 1. The molecule has 2 aromatic carbocycles. The molecule has 2 N–H and O–H groups in total. The summed E-state index contributed by atoms with van der Waals surface area (Å²) in [6, 6.07) is 12.5. The second-order valence-electron chi connectivity index (χ2n) is 6.08. The minimum Gasteiger partial charge on any atom is -0.351 e. The van der Waals surface area contributed by atoms with Crippen molar-refractivity contribution in [1.82, 2.24) is 4.98 Å². The summed E-state index contributed by atoms with van der Waals surface area (Å²) in [5.74, 6) is -0.208. The summed E-state index contributed by atoms with van der Waals surface area (Å²) in [5.41, 5.74) is 3.44. The molecule has 0 fully saturated rings. The van der Waals surface area contributed by atoms with Crippen LogP contribution in [0.1, 0.15) is 11.3 Å². The topological polar surface area (TPSA) is 91.4 Å². The lowest BCUT2D eigenvalue weighted by Gasteiger charge is -2.07. The van der Waals surface area contributed by atoms with Crippen molar-refractivity contribution in [1.29, 1.82) is 0 Å². The summed E-state index contributed by atoms with van der Waals surface area (Å²) < 4.78 is 24.8. The van der Waals surface area contributed by atoms with E-state index in [0.717, 1.165) is 14.5 Å². The summed E-state index contributed by atoms with van der Waals surface area (Å²) >= 11 is 2.22. The zero-order valence-electron chi connectivity index (χ0n) is 13.7. The van der Waals surface area contributed by atoms with Crippen LogP contribution in [0, 0.1) is 3.57 Å². The lowest BCUT2D eigenvalue weighted by atomic mass is 10.1. The van der Waals surface area contributed by atoms with Gasteiger partial charge in [0, 0.05) is 26.3 Å². The van der Waals surface area contributed by atoms with Crippen LogP contribution in [0.15, 0.2) is 52.4 Å². The zero-order valence-corrected chi connectivity index (χ0v) is 16.7. The first-order valence-corrected chi connectivity index (χ1v) is 10.8. The average molecular weight is 479 g/mol. The molecular weight excluding hydrogens is 465 g/mol. The second-order valence-corrected chi connectivity index (χ2v) is 9.34. The van der Waals surface area contributed by atoms with E-state index in [9.17, 15) is 13.2 Å². The quantitative estimate of drug-likeness (QED) is 0.554. The number of fused-ring (bicyclic) bond motifs is 3. The molecule has 0 radical (unpaired) electrons. The number of carbonyl (C=O) groups is 1. The summed E-state index contributed by atoms with van der Waals surface area (Å²) in [6.45, 7) is -0.0215. The van der Waals surface area contributed by atoms with Gasteiger partial charge >= 0.3 is 0 Å². The molecule has 0 saturated carbocycles. The number of benzene rings is 2. The third-order valence-corrected chi connectivity index (χ3v) is 5.96. The maximum Gasteiger partial charge on any atom is 0.246 e. The lowest BCUT2D eigenvalue weighted by Crippen LogP contribution is -2.13. The molecule has 1 aliphatic rings. The average Bonchev–Trinajstić information content (AvgIpc) is 2.83. The van der Waals surface area contributed by atoms with Crippen LogP contribution in [0.2, 0.25) is 0 Å². The van der Waals surface area contributed by atoms with Gasteiger partial charge in [-0.1, -0.05) is 12.1 Å². The molecule has 0 saturated heterocycles. The summed E-state index contributed by atoms with van der Waals surface area (Å²) in [5, 5.41) is 3.81. The smallest absolute Gasteiger partial charge is 0.246 e. The van der Waals surface area contributed by atoms with E-state index in [1.165, 1.54) is 6.26 Å². The van der Waals surface area contributed by atoms with Gasteiger partial charge in [-0.05, 0) is 52.9 Å². The van der Waals surface area contributed by atoms with Crippen molar-refractivity contribution in [3.8, 4) is 0 Å². The van der Waals surface area contributed by atoms with Crippen LogP contribution in [0.4, 0.5) is 5.69 Å². The van der Waals surface area contributed by atoms with Gasteiger partial charge in [-0.3, -0.25) is 9.79 Å². The van der Waals surface area contributed by atoms with Crippen molar-refractivity contribution in [3.63, 3.8) is 0 Å². The van der Waals surface area contributed by atoms with E-state index in [0.29, 0.717) is 22.7 Å². The molecule has 0 aliphatic carbocycles. The number of carbonyl (C=O) groups excluding carboxylic acids is 1. The molecular formula is C18H14IN3O3S. The summed E-state index contributed by atoms with van der Waals surface area (Å²) in [6.07, 6.45) is 1.17. The second kappa shape index (κ2) is 6.20. The van der Waals surface area contributed by atoms with Crippen LogP contribution in [0.3, 0.4) is 0 Å². The number of nitrogens with zero attached hydrogens (tertiary/aromatic N) is 1. The fraction of sp³-hybridized carbons (Fsp3) is 0.111. The number of hydrogen-bond donors (Lipinski definition) is 2. The van der Waals surface area contributed by atoms with E-state index in [1.54, 1.807) is 24.3 Å². The fourth-order valence-corrected chi connectivity index (χ4v) is 4.15. The maximum absolute atomic E-state index is 12.1. The van der Waals surface area contributed by atoms with Crippen LogP contribution in [0.25, 0.3) is 10.9 Å². The molecule has 0 spiro atoms. The molecule has 6 nitrogen and oxygen atoms in total. The van der Waals surface area contributed by atoms with E-state index >= 15 is 0 Å². The number of sulfone groups is 1. The van der Waals surface area contributed by atoms with Gasteiger partial charge in [0.25, 0.3) is 0 Å². The van der Waals surface area contributed by atoms with E-state index in [4.69, 9.17) is 0 Å². The third-order valence-electron chi connectivity index (χ3n) is 4.18. The number of amides is 1. The molecule has 26 heavy (non-hydrogen) atoms. The first kappa shape index (κ1) is 17.2. The predicted molar refractivity (Wildman–Crippen MR) is 110 cm³/mol. The van der Waals surface area contributed by atoms with E-state index < -0.39 is 9.84 Å². The van der Waals surface area contributed by atoms with E-state index in [1.807, 2.05) is 18.2 Å². The van der Waals surface area contributed by atoms with Gasteiger partial charge in [0.15, 0.2) is 9.84 Å². The van der Waals surface area contributed by atoms with Crippen molar-refractivity contribution >= 4 is 60.6 Å². The minimum absolute atomic E-state index is 0.0215. The van der Waals surface area contributed by atoms with Gasteiger partial charge < -0.3 is 10.3 Å². The van der Waals surface area contributed by atoms with Crippen molar-refractivity contribution in [3.05, 3.63) is 57.3 Å². The molecule has 3 aromatic rings. The Balaban J connectivity index is 1.96. The predicted octanol–water partition coefficient (Wildman–Crippen LogP) is 2.97. The number of halogens is 1. The Labute approximate surface area is 163 Å². The number of H-pyrrole nitrogens is 1.